The van der Waals surface area contributed by atoms with Gasteiger partial charge in [-0.25, -0.2) is 3.97 Å². The first-order valence-corrected chi connectivity index (χ1v) is 7.10. The number of rotatable bonds is 2. The Kier molecular flexibility index (Phi) is 2.51. The molecule has 0 bridgehead atoms. The van der Waals surface area contributed by atoms with Crippen molar-refractivity contribution in [3.05, 3.63) is 30.5 Å². The third kappa shape index (κ3) is 2.17. The summed E-state index contributed by atoms with van der Waals surface area (Å²) >= 11 is 0. The van der Waals surface area contributed by atoms with Crippen molar-refractivity contribution in [2.24, 2.45) is 0 Å². The molecule has 0 aliphatic heterocycles. The summed E-state index contributed by atoms with van der Waals surface area (Å²) in [7, 11) is -8.77. The predicted molar refractivity (Wildman–Crippen MR) is 58.7 cm³/mol. The Balaban J connectivity index is 2.77. The fraction of sp³-hybridized carbons (Fsp3) is 0. The molecule has 0 spiro atoms. The Labute approximate surface area is 96.9 Å². The molecule has 0 saturated heterocycles. The maximum atomic E-state index is 10.9. The topological polar surface area (TPSA) is 114 Å². The average molecular weight is 277 g/mol. The van der Waals surface area contributed by atoms with E-state index in [1.807, 2.05) is 0 Å². The molecule has 0 aliphatic rings. The largest absolute Gasteiger partial charge is 0.363 e. The van der Waals surface area contributed by atoms with Crippen LogP contribution < -0.4 is 0 Å². The van der Waals surface area contributed by atoms with Crippen LogP contribution in [0.15, 0.2) is 35.4 Å². The van der Waals surface area contributed by atoms with Gasteiger partial charge in [-0.05, 0) is 24.3 Å². The fourth-order valence-electron chi connectivity index (χ4n) is 1.46. The summed E-state index contributed by atoms with van der Waals surface area (Å²) in [5.74, 6) is 0. The van der Waals surface area contributed by atoms with Gasteiger partial charge < -0.3 is 0 Å². The highest BCUT2D eigenvalue weighted by Gasteiger charge is 2.15. The molecule has 1 aromatic carbocycles. The Hall–Kier alpha value is -1.42. The number of fused-ring (bicyclic) bond motifs is 1. The van der Waals surface area contributed by atoms with Gasteiger partial charge >= 0.3 is 10.3 Å². The monoisotopic (exact) mass is 277 g/mol. The van der Waals surface area contributed by atoms with Crippen molar-refractivity contribution < 1.29 is 25.9 Å². The maximum absolute atomic E-state index is 10.9. The molecule has 7 nitrogen and oxygen atoms in total. The molecule has 1 aromatic heterocycles. The van der Waals surface area contributed by atoms with E-state index in [9.17, 15) is 16.8 Å². The van der Waals surface area contributed by atoms with E-state index in [0.717, 1.165) is 18.3 Å². The van der Waals surface area contributed by atoms with E-state index in [0.29, 0.717) is 3.97 Å². The Morgan fingerprint density at radius 1 is 1.00 bits per heavy atom. The molecular weight excluding hydrogens is 270 g/mol. The fourth-order valence-corrected chi connectivity index (χ4v) is 2.60. The van der Waals surface area contributed by atoms with Crippen LogP contribution in [0, 0.1) is 0 Å². The minimum Gasteiger partial charge on any atom is -0.282 e. The molecule has 0 atom stereocenters. The summed E-state index contributed by atoms with van der Waals surface area (Å²) in [6.45, 7) is 0. The van der Waals surface area contributed by atoms with Crippen molar-refractivity contribution in [3.8, 4) is 0 Å². The molecule has 1 heterocycles. The molecular formula is C8H7NO6S2. The van der Waals surface area contributed by atoms with Crippen molar-refractivity contribution in [2.75, 3.05) is 0 Å². The molecule has 9 heteroatoms. The van der Waals surface area contributed by atoms with Crippen molar-refractivity contribution in [2.45, 2.75) is 4.90 Å². The van der Waals surface area contributed by atoms with Gasteiger partial charge in [-0.3, -0.25) is 9.11 Å². The number of benzene rings is 1. The van der Waals surface area contributed by atoms with E-state index in [1.165, 1.54) is 12.1 Å². The third-order valence-electron chi connectivity index (χ3n) is 2.17. The SMILES string of the molecule is O=S(=O)(O)c1ccc2c(ccn2S(=O)(=O)O)c1. The van der Waals surface area contributed by atoms with Gasteiger partial charge in [-0.2, -0.15) is 16.8 Å². The lowest BCUT2D eigenvalue weighted by Crippen LogP contribution is -2.08. The van der Waals surface area contributed by atoms with E-state index in [1.54, 1.807) is 0 Å². The molecule has 2 aromatic rings. The zero-order valence-electron chi connectivity index (χ0n) is 8.18. The lowest BCUT2D eigenvalue weighted by atomic mass is 10.2. The summed E-state index contributed by atoms with van der Waals surface area (Å²) in [6.07, 6.45) is 1.08. The second-order valence-corrected chi connectivity index (χ2v) is 6.00. The van der Waals surface area contributed by atoms with Gasteiger partial charge in [0.05, 0.1) is 10.4 Å². The van der Waals surface area contributed by atoms with Gasteiger partial charge in [0.25, 0.3) is 10.1 Å². The van der Waals surface area contributed by atoms with Gasteiger partial charge in [-0.1, -0.05) is 0 Å². The second-order valence-electron chi connectivity index (χ2n) is 3.29. The standard InChI is InChI=1S/C8H7NO6S2/c10-16(11,12)7-1-2-8-6(5-7)3-4-9(8)17(13,14)15/h1-5H,(H,10,11,12)(H,13,14,15). The third-order valence-corrected chi connectivity index (χ3v) is 3.84. The van der Waals surface area contributed by atoms with E-state index in [2.05, 4.69) is 0 Å². The molecule has 0 saturated carbocycles. The first-order valence-electron chi connectivity index (χ1n) is 4.26. The Morgan fingerprint density at radius 3 is 2.18 bits per heavy atom. The van der Waals surface area contributed by atoms with Gasteiger partial charge in [0.1, 0.15) is 0 Å². The molecule has 2 N–H and O–H groups in total. The van der Waals surface area contributed by atoms with Crippen LogP contribution in [0.2, 0.25) is 0 Å². The summed E-state index contributed by atoms with van der Waals surface area (Å²) < 4.78 is 61.9. The highest BCUT2D eigenvalue weighted by molar-refractivity contribution is 7.85. The molecule has 0 unspecified atom stereocenters. The van der Waals surface area contributed by atoms with Crippen LogP contribution >= 0.6 is 0 Å². The van der Waals surface area contributed by atoms with Crippen LogP contribution in [0.25, 0.3) is 10.9 Å². The zero-order chi connectivity index (χ0) is 12.8. The minimum atomic E-state index is -4.43. The summed E-state index contributed by atoms with van der Waals surface area (Å²) in [5, 5.41) is 0.262. The van der Waals surface area contributed by atoms with E-state index in [-0.39, 0.29) is 15.8 Å². The predicted octanol–water partition coefficient (Wildman–Crippen LogP) is 0.539. The van der Waals surface area contributed by atoms with Crippen LogP contribution in [0.4, 0.5) is 0 Å². The molecule has 0 fully saturated rings. The highest BCUT2D eigenvalue weighted by Crippen LogP contribution is 2.21. The van der Waals surface area contributed by atoms with Crippen LogP contribution in [-0.4, -0.2) is 29.9 Å². The first kappa shape index (κ1) is 12.0. The first-order chi connectivity index (χ1) is 7.69. The number of nitrogens with zero attached hydrogens (tertiary/aromatic N) is 1. The Morgan fingerprint density at radius 2 is 1.65 bits per heavy atom. The molecule has 0 amide bonds. The molecule has 17 heavy (non-hydrogen) atoms. The maximum Gasteiger partial charge on any atom is 0.363 e. The lowest BCUT2D eigenvalue weighted by molar-refractivity contribution is 0.474. The molecule has 2 rings (SSSR count). The normalized spacial score (nSPS) is 13.1. The van der Waals surface area contributed by atoms with Crippen LogP contribution in [0.1, 0.15) is 0 Å². The van der Waals surface area contributed by atoms with E-state index >= 15 is 0 Å². The van der Waals surface area contributed by atoms with E-state index < -0.39 is 20.4 Å². The number of aromatic nitrogens is 1. The van der Waals surface area contributed by atoms with Gasteiger partial charge in [0.15, 0.2) is 0 Å². The van der Waals surface area contributed by atoms with Crippen molar-refractivity contribution in [3.63, 3.8) is 0 Å². The van der Waals surface area contributed by atoms with Gasteiger partial charge in [0, 0.05) is 11.6 Å². The summed E-state index contributed by atoms with van der Waals surface area (Å²) in [4.78, 5) is -0.349. The molecule has 0 radical (unpaired) electrons. The Bertz CT molecular complexity index is 787. The summed E-state index contributed by atoms with van der Waals surface area (Å²) in [6, 6.07) is 4.62. The minimum absolute atomic E-state index is 0.111. The number of hydrogen-bond donors (Lipinski definition) is 2. The molecule has 92 valence electrons. The lowest BCUT2D eigenvalue weighted by Gasteiger charge is -2.01. The second kappa shape index (κ2) is 3.53. The molecule has 0 aliphatic carbocycles. The van der Waals surface area contributed by atoms with Crippen LogP contribution in [0.5, 0.6) is 0 Å². The zero-order valence-corrected chi connectivity index (χ0v) is 9.81. The highest BCUT2D eigenvalue weighted by atomic mass is 32.2. The van der Waals surface area contributed by atoms with E-state index in [4.69, 9.17) is 9.11 Å². The van der Waals surface area contributed by atoms with Crippen molar-refractivity contribution in [1.82, 2.24) is 3.97 Å². The summed E-state index contributed by atoms with van der Waals surface area (Å²) in [5.41, 5.74) is 0.111. The number of hydrogen-bond acceptors (Lipinski definition) is 4. The van der Waals surface area contributed by atoms with Crippen LogP contribution in [0.3, 0.4) is 0 Å². The van der Waals surface area contributed by atoms with Gasteiger partial charge in [-0.15, -0.1) is 0 Å². The smallest absolute Gasteiger partial charge is 0.282 e. The van der Waals surface area contributed by atoms with Crippen LogP contribution in [-0.2, 0) is 20.4 Å². The van der Waals surface area contributed by atoms with Gasteiger partial charge in [0.2, 0.25) is 0 Å². The van der Waals surface area contributed by atoms with Crippen molar-refractivity contribution >= 4 is 31.3 Å². The quantitative estimate of drug-likeness (QED) is 0.774. The average Bonchev–Trinajstić information content (AvgIpc) is 2.57. The van der Waals surface area contributed by atoms with Crippen molar-refractivity contribution in [1.29, 1.82) is 0 Å².